The number of nitrogens with one attached hydrogen (secondary N) is 2. The first-order valence-electron chi connectivity index (χ1n) is 9.50. The summed E-state index contributed by atoms with van der Waals surface area (Å²) in [5.74, 6) is 0.421. The van der Waals surface area contributed by atoms with Gasteiger partial charge in [-0.3, -0.25) is 4.79 Å². The van der Waals surface area contributed by atoms with E-state index in [2.05, 4.69) is 54.0 Å². The van der Waals surface area contributed by atoms with Gasteiger partial charge in [0.1, 0.15) is 0 Å². The van der Waals surface area contributed by atoms with Crippen molar-refractivity contribution in [3.8, 4) is 0 Å². The maximum Gasteiger partial charge on any atom is 0.255 e. The van der Waals surface area contributed by atoms with Crippen molar-refractivity contribution in [3.63, 3.8) is 0 Å². The largest absolute Gasteiger partial charge is 0.379 e. The molecule has 1 amide bonds. The molecule has 136 valence electrons. The standard InChI is InChI=1S/C24H24N2O/c1-2-24(26-21-11-7-4-8-12-21)17-22(24)18-13-15-20(16-14-18)25-23(27)19-9-5-3-6-10-19/h3-16,22,26H,2,17H2,1H3,(H,25,27)/t22-,24+/m0/s1. The summed E-state index contributed by atoms with van der Waals surface area (Å²) in [6, 6.07) is 28.0. The molecular weight excluding hydrogens is 332 g/mol. The van der Waals surface area contributed by atoms with E-state index < -0.39 is 0 Å². The molecule has 2 N–H and O–H groups in total. The molecule has 3 nitrogen and oxygen atoms in total. The number of carbonyl (C=O) groups is 1. The molecule has 1 aliphatic rings. The van der Waals surface area contributed by atoms with E-state index >= 15 is 0 Å². The van der Waals surface area contributed by atoms with Crippen LogP contribution in [-0.4, -0.2) is 11.4 Å². The van der Waals surface area contributed by atoms with E-state index in [1.165, 1.54) is 11.3 Å². The molecule has 27 heavy (non-hydrogen) atoms. The minimum atomic E-state index is -0.0802. The Morgan fingerprint density at radius 1 is 0.889 bits per heavy atom. The molecule has 1 fully saturated rings. The van der Waals surface area contributed by atoms with Gasteiger partial charge in [-0.25, -0.2) is 0 Å². The second kappa shape index (κ2) is 7.28. The molecule has 0 bridgehead atoms. The second-order valence-corrected chi connectivity index (χ2v) is 7.20. The number of amides is 1. The summed E-state index contributed by atoms with van der Waals surface area (Å²) in [6.45, 7) is 2.24. The Morgan fingerprint density at radius 3 is 2.15 bits per heavy atom. The first-order chi connectivity index (χ1) is 13.2. The van der Waals surface area contributed by atoms with Crippen molar-refractivity contribution in [1.29, 1.82) is 0 Å². The van der Waals surface area contributed by atoms with E-state index in [1.54, 1.807) is 0 Å². The Morgan fingerprint density at radius 2 is 1.52 bits per heavy atom. The molecule has 3 aromatic carbocycles. The van der Waals surface area contributed by atoms with Gasteiger partial charge >= 0.3 is 0 Å². The summed E-state index contributed by atoms with van der Waals surface area (Å²) in [7, 11) is 0. The van der Waals surface area contributed by atoms with E-state index in [9.17, 15) is 4.79 Å². The molecule has 4 rings (SSSR count). The summed E-state index contributed by atoms with van der Waals surface area (Å²) in [5, 5.41) is 6.69. The SMILES string of the molecule is CC[C@@]1(Nc2ccccc2)C[C@H]1c1ccc(NC(=O)c2ccccc2)cc1. The number of rotatable bonds is 6. The van der Waals surface area contributed by atoms with Gasteiger partial charge in [-0.15, -0.1) is 0 Å². The quantitative estimate of drug-likeness (QED) is 0.596. The predicted molar refractivity (Wildman–Crippen MR) is 111 cm³/mol. The number of carbonyl (C=O) groups excluding carboxylic acids is 1. The summed E-state index contributed by atoms with van der Waals surface area (Å²) in [4.78, 5) is 12.3. The van der Waals surface area contributed by atoms with Gasteiger partial charge in [0.25, 0.3) is 5.91 Å². The van der Waals surface area contributed by atoms with E-state index in [-0.39, 0.29) is 11.4 Å². The predicted octanol–water partition coefficient (Wildman–Crippen LogP) is 5.69. The Hall–Kier alpha value is -3.07. The number of anilines is 2. The highest BCUT2D eigenvalue weighted by Gasteiger charge is 2.53. The van der Waals surface area contributed by atoms with Crippen LogP contribution in [0.4, 0.5) is 11.4 Å². The summed E-state index contributed by atoms with van der Waals surface area (Å²) in [6.07, 6.45) is 2.22. The third kappa shape index (κ3) is 3.72. The molecule has 1 saturated carbocycles. The zero-order valence-electron chi connectivity index (χ0n) is 15.5. The lowest BCUT2D eigenvalue weighted by atomic mass is 10.0. The molecule has 3 heteroatoms. The summed E-state index contributed by atoms with van der Waals surface area (Å²) >= 11 is 0. The molecule has 0 heterocycles. The highest BCUT2D eigenvalue weighted by molar-refractivity contribution is 6.04. The van der Waals surface area contributed by atoms with Gasteiger partial charge in [0.15, 0.2) is 0 Å². The van der Waals surface area contributed by atoms with Crippen molar-refractivity contribution in [2.24, 2.45) is 0 Å². The van der Waals surface area contributed by atoms with Crippen LogP contribution in [-0.2, 0) is 0 Å². The van der Waals surface area contributed by atoms with Crippen LogP contribution in [0.2, 0.25) is 0 Å². The van der Waals surface area contributed by atoms with Crippen molar-refractivity contribution in [2.75, 3.05) is 10.6 Å². The fourth-order valence-corrected chi connectivity index (χ4v) is 3.76. The van der Waals surface area contributed by atoms with Gasteiger partial charge in [0.05, 0.1) is 0 Å². The molecule has 0 spiro atoms. The fraction of sp³-hybridized carbons (Fsp3) is 0.208. The number of hydrogen-bond acceptors (Lipinski definition) is 2. The van der Waals surface area contributed by atoms with Crippen molar-refractivity contribution in [1.82, 2.24) is 0 Å². The summed E-state index contributed by atoms with van der Waals surface area (Å²) in [5.41, 5.74) is 4.12. The lowest BCUT2D eigenvalue weighted by Gasteiger charge is -2.19. The Labute approximate surface area is 160 Å². The van der Waals surface area contributed by atoms with Crippen molar-refractivity contribution >= 4 is 17.3 Å². The highest BCUT2D eigenvalue weighted by atomic mass is 16.1. The van der Waals surface area contributed by atoms with Crippen LogP contribution in [0, 0.1) is 0 Å². The molecule has 1 aliphatic carbocycles. The van der Waals surface area contributed by atoms with Crippen LogP contribution in [0.3, 0.4) is 0 Å². The van der Waals surface area contributed by atoms with Crippen LogP contribution in [0.15, 0.2) is 84.9 Å². The topological polar surface area (TPSA) is 41.1 Å². The van der Waals surface area contributed by atoms with Gasteiger partial charge in [-0.05, 0) is 54.8 Å². The monoisotopic (exact) mass is 356 g/mol. The molecule has 0 aromatic heterocycles. The van der Waals surface area contributed by atoms with Crippen LogP contribution < -0.4 is 10.6 Å². The third-order valence-corrected chi connectivity index (χ3v) is 5.48. The maximum atomic E-state index is 12.3. The second-order valence-electron chi connectivity index (χ2n) is 7.20. The van der Waals surface area contributed by atoms with E-state index in [0.29, 0.717) is 11.5 Å². The van der Waals surface area contributed by atoms with E-state index in [4.69, 9.17) is 0 Å². The first-order valence-corrected chi connectivity index (χ1v) is 9.50. The molecule has 0 saturated heterocycles. The van der Waals surface area contributed by atoms with Gasteiger partial charge in [0.2, 0.25) is 0 Å². The highest BCUT2D eigenvalue weighted by Crippen LogP contribution is 2.55. The fourth-order valence-electron chi connectivity index (χ4n) is 3.76. The average Bonchev–Trinajstić information content (AvgIpc) is 3.44. The average molecular weight is 356 g/mol. The molecule has 0 aliphatic heterocycles. The lowest BCUT2D eigenvalue weighted by Crippen LogP contribution is -2.22. The minimum absolute atomic E-state index is 0.0802. The van der Waals surface area contributed by atoms with E-state index in [1.807, 2.05) is 48.5 Å². The molecule has 3 aromatic rings. The van der Waals surface area contributed by atoms with Crippen LogP contribution in [0.25, 0.3) is 0 Å². The maximum absolute atomic E-state index is 12.3. The normalized spacial score (nSPS) is 20.7. The van der Waals surface area contributed by atoms with Crippen molar-refractivity contribution in [2.45, 2.75) is 31.2 Å². The minimum Gasteiger partial charge on any atom is -0.379 e. The Balaban J connectivity index is 1.43. The van der Waals surface area contributed by atoms with Crippen LogP contribution >= 0.6 is 0 Å². The molecule has 2 atom stereocenters. The molecule has 0 unspecified atom stereocenters. The van der Waals surface area contributed by atoms with E-state index in [0.717, 1.165) is 18.5 Å². The van der Waals surface area contributed by atoms with Crippen LogP contribution in [0.5, 0.6) is 0 Å². The zero-order chi connectivity index (χ0) is 18.7. The number of benzene rings is 3. The molecule has 0 radical (unpaired) electrons. The van der Waals surface area contributed by atoms with Crippen LogP contribution in [0.1, 0.15) is 41.6 Å². The third-order valence-electron chi connectivity index (χ3n) is 5.48. The zero-order valence-corrected chi connectivity index (χ0v) is 15.5. The summed E-state index contributed by atoms with van der Waals surface area (Å²) < 4.78 is 0. The number of hydrogen-bond donors (Lipinski definition) is 2. The van der Waals surface area contributed by atoms with Gasteiger partial charge in [-0.1, -0.05) is 55.5 Å². The Kier molecular flexibility index (Phi) is 4.68. The van der Waals surface area contributed by atoms with Gasteiger partial charge < -0.3 is 10.6 Å². The first kappa shape index (κ1) is 17.3. The van der Waals surface area contributed by atoms with Gasteiger partial charge in [-0.2, -0.15) is 0 Å². The Bertz CT molecular complexity index is 906. The van der Waals surface area contributed by atoms with Crippen molar-refractivity contribution in [3.05, 3.63) is 96.1 Å². The lowest BCUT2D eigenvalue weighted by molar-refractivity contribution is 0.102. The van der Waals surface area contributed by atoms with Crippen molar-refractivity contribution < 1.29 is 4.79 Å². The number of para-hydroxylation sites is 1. The van der Waals surface area contributed by atoms with Gasteiger partial charge in [0, 0.05) is 28.4 Å². The smallest absolute Gasteiger partial charge is 0.255 e. The molecular formula is C24H24N2O.